The lowest BCUT2D eigenvalue weighted by atomic mass is 10.1. The number of hydrogen-bond donors (Lipinski definition) is 0. The van der Waals surface area contributed by atoms with E-state index in [0.717, 1.165) is 25.7 Å². The molecule has 0 aromatic carbocycles. The van der Waals surface area contributed by atoms with Gasteiger partial charge in [-0.25, -0.2) is 0 Å². The van der Waals surface area contributed by atoms with E-state index in [-0.39, 0.29) is 5.97 Å². The van der Waals surface area contributed by atoms with Gasteiger partial charge in [0, 0.05) is 6.42 Å². The molecule has 2 heteroatoms. The van der Waals surface area contributed by atoms with Gasteiger partial charge in [-0.15, -0.1) is 0 Å². The first kappa shape index (κ1) is 21.9. The largest absolute Gasteiger partial charge is 0.466 e. The number of esters is 1. The Hall–Kier alpha value is -1.05. The molecule has 0 radical (unpaired) electrons. The van der Waals surface area contributed by atoms with Crippen LogP contribution in [0.3, 0.4) is 0 Å². The second-order valence-electron chi connectivity index (χ2n) is 6.20. The predicted molar refractivity (Wildman–Crippen MR) is 101 cm³/mol. The van der Waals surface area contributed by atoms with Crippen LogP contribution in [0.25, 0.3) is 0 Å². The number of allylic oxidation sites excluding steroid dienone is 4. The summed E-state index contributed by atoms with van der Waals surface area (Å²) in [6, 6.07) is 0. The molecule has 0 rings (SSSR count). The Morgan fingerprint density at radius 3 is 2.00 bits per heavy atom. The van der Waals surface area contributed by atoms with Crippen LogP contribution in [0.4, 0.5) is 0 Å². The normalized spacial score (nSPS) is 11.6. The SMILES string of the molecule is CCCCC/C=C/C/C=C/CCCCCCCC(=O)OCCC. The monoisotopic (exact) mass is 322 g/mol. The molecule has 0 saturated heterocycles. The van der Waals surface area contributed by atoms with E-state index in [1.54, 1.807) is 0 Å². The van der Waals surface area contributed by atoms with Gasteiger partial charge < -0.3 is 4.74 Å². The lowest BCUT2D eigenvalue weighted by Gasteiger charge is -2.02. The molecule has 0 aromatic rings. The molecule has 0 unspecified atom stereocenters. The quantitative estimate of drug-likeness (QED) is 0.178. The molecule has 0 aliphatic heterocycles. The number of carbonyl (C=O) groups excluding carboxylic acids is 1. The van der Waals surface area contributed by atoms with Crippen molar-refractivity contribution in [2.24, 2.45) is 0 Å². The zero-order valence-corrected chi connectivity index (χ0v) is 15.5. The minimum Gasteiger partial charge on any atom is -0.466 e. The molecule has 0 N–H and O–H groups in total. The van der Waals surface area contributed by atoms with Crippen LogP contribution in [0.1, 0.15) is 97.3 Å². The minimum absolute atomic E-state index is 0.0301. The number of unbranched alkanes of at least 4 members (excludes halogenated alkanes) is 8. The summed E-state index contributed by atoms with van der Waals surface area (Å²) in [7, 11) is 0. The molecule has 0 aliphatic rings. The maximum Gasteiger partial charge on any atom is 0.305 e. The van der Waals surface area contributed by atoms with E-state index in [2.05, 4.69) is 31.2 Å². The van der Waals surface area contributed by atoms with Crippen LogP contribution in [-0.4, -0.2) is 12.6 Å². The van der Waals surface area contributed by atoms with Gasteiger partial charge in [0.25, 0.3) is 0 Å². The van der Waals surface area contributed by atoms with Crippen LogP contribution in [0.2, 0.25) is 0 Å². The summed E-state index contributed by atoms with van der Waals surface area (Å²) < 4.78 is 5.06. The van der Waals surface area contributed by atoms with Crippen molar-refractivity contribution in [3.05, 3.63) is 24.3 Å². The average molecular weight is 323 g/mol. The molecule has 0 saturated carbocycles. The van der Waals surface area contributed by atoms with Crippen LogP contribution < -0.4 is 0 Å². The molecular formula is C21H38O2. The lowest BCUT2D eigenvalue weighted by molar-refractivity contribution is -0.143. The highest BCUT2D eigenvalue weighted by atomic mass is 16.5. The van der Waals surface area contributed by atoms with Crippen molar-refractivity contribution in [2.75, 3.05) is 6.61 Å². The standard InChI is InChI=1S/C21H38O2/c1-3-5-6-7-8-9-10-11-12-13-14-15-16-17-18-19-21(22)23-20-4-2/h8-9,11-12H,3-7,10,13-20H2,1-2H3/b9-8+,12-11+. The maximum absolute atomic E-state index is 11.3. The molecular weight excluding hydrogens is 284 g/mol. The first-order valence-electron chi connectivity index (χ1n) is 9.76. The second-order valence-corrected chi connectivity index (χ2v) is 6.20. The molecule has 134 valence electrons. The first-order valence-corrected chi connectivity index (χ1v) is 9.76. The van der Waals surface area contributed by atoms with Crippen molar-refractivity contribution in [1.29, 1.82) is 0 Å². The van der Waals surface area contributed by atoms with Crippen LogP contribution >= 0.6 is 0 Å². The molecule has 0 aromatic heterocycles. The minimum atomic E-state index is -0.0301. The van der Waals surface area contributed by atoms with Gasteiger partial charge in [0.05, 0.1) is 6.61 Å². The van der Waals surface area contributed by atoms with Gasteiger partial charge in [0.1, 0.15) is 0 Å². The topological polar surface area (TPSA) is 26.3 Å². The molecule has 0 spiro atoms. The van der Waals surface area contributed by atoms with E-state index >= 15 is 0 Å². The summed E-state index contributed by atoms with van der Waals surface area (Å²) in [5.41, 5.74) is 0. The van der Waals surface area contributed by atoms with E-state index < -0.39 is 0 Å². The van der Waals surface area contributed by atoms with Crippen molar-refractivity contribution in [3.8, 4) is 0 Å². The Kier molecular flexibility index (Phi) is 18.1. The van der Waals surface area contributed by atoms with Crippen molar-refractivity contribution >= 4 is 5.97 Å². The Labute approximate surface area is 144 Å². The van der Waals surface area contributed by atoms with Gasteiger partial charge in [-0.1, -0.05) is 70.3 Å². The van der Waals surface area contributed by atoms with Crippen LogP contribution in [0, 0.1) is 0 Å². The fourth-order valence-electron chi connectivity index (χ4n) is 2.37. The van der Waals surface area contributed by atoms with Crippen LogP contribution in [0.15, 0.2) is 24.3 Å². The summed E-state index contributed by atoms with van der Waals surface area (Å²) in [6.07, 6.45) is 24.0. The maximum atomic E-state index is 11.3. The van der Waals surface area contributed by atoms with E-state index in [1.165, 1.54) is 51.4 Å². The van der Waals surface area contributed by atoms with Gasteiger partial charge in [-0.05, 0) is 44.9 Å². The third-order valence-electron chi connectivity index (χ3n) is 3.80. The molecule has 0 aliphatic carbocycles. The fourth-order valence-corrected chi connectivity index (χ4v) is 2.37. The van der Waals surface area contributed by atoms with Gasteiger partial charge in [0.15, 0.2) is 0 Å². The highest BCUT2D eigenvalue weighted by molar-refractivity contribution is 5.69. The second kappa shape index (κ2) is 19.0. The number of rotatable bonds is 16. The van der Waals surface area contributed by atoms with Crippen LogP contribution in [-0.2, 0) is 9.53 Å². The van der Waals surface area contributed by atoms with Gasteiger partial charge >= 0.3 is 5.97 Å². The molecule has 23 heavy (non-hydrogen) atoms. The predicted octanol–water partition coefficient (Wildman–Crippen LogP) is 6.75. The van der Waals surface area contributed by atoms with E-state index in [9.17, 15) is 4.79 Å². The first-order chi connectivity index (χ1) is 11.3. The molecule has 0 heterocycles. The Morgan fingerprint density at radius 1 is 0.739 bits per heavy atom. The Morgan fingerprint density at radius 2 is 1.35 bits per heavy atom. The number of hydrogen-bond acceptors (Lipinski definition) is 2. The highest BCUT2D eigenvalue weighted by Gasteiger charge is 2.00. The van der Waals surface area contributed by atoms with E-state index in [1.807, 2.05) is 6.92 Å². The van der Waals surface area contributed by atoms with Crippen molar-refractivity contribution in [2.45, 2.75) is 97.3 Å². The molecule has 0 bridgehead atoms. The zero-order chi connectivity index (χ0) is 17.0. The fraction of sp³-hybridized carbons (Fsp3) is 0.762. The molecule has 0 amide bonds. The van der Waals surface area contributed by atoms with Crippen molar-refractivity contribution in [3.63, 3.8) is 0 Å². The highest BCUT2D eigenvalue weighted by Crippen LogP contribution is 2.08. The van der Waals surface area contributed by atoms with E-state index in [0.29, 0.717) is 13.0 Å². The Balaban J connectivity index is 3.23. The average Bonchev–Trinajstić information content (AvgIpc) is 2.56. The van der Waals surface area contributed by atoms with Crippen molar-refractivity contribution < 1.29 is 9.53 Å². The summed E-state index contributed by atoms with van der Waals surface area (Å²) in [5, 5.41) is 0. The zero-order valence-electron chi connectivity index (χ0n) is 15.5. The number of ether oxygens (including phenoxy) is 1. The summed E-state index contributed by atoms with van der Waals surface area (Å²) in [6.45, 7) is 4.83. The summed E-state index contributed by atoms with van der Waals surface area (Å²) in [5.74, 6) is -0.0301. The third-order valence-corrected chi connectivity index (χ3v) is 3.80. The molecule has 2 nitrogen and oxygen atoms in total. The smallest absolute Gasteiger partial charge is 0.305 e. The van der Waals surface area contributed by atoms with Crippen molar-refractivity contribution in [1.82, 2.24) is 0 Å². The van der Waals surface area contributed by atoms with E-state index in [4.69, 9.17) is 4.74 Å². The van der Waals surface area contributed by atoms with Gasteiger partial charge in [-0.3, -0.25) is 4.79 Å². The third kappa shape index (κ3) is 18.9. The lowest BCUT2D eigenvalue weighted by Crippen LogP contribution is -2.04. The van der Waals surface area contributed by atoms with Gasteiger partial charge in [0.2, 0.25) is 0 Å². The molecule has 0 atom stereocenters. The molecule has 0 fully saturated rings. The number of carbonyl (C=O) groups is 1. The Bertz CT molecular complexity index is 305. The summed E-state index contributed by atoms with van der Waals surface area (Å²) >= 11 is 0. The van der Waals surface area contributed by atoms with Gasteiger partial charge in [-0.2, -0.15) is 0 Å². The summed E-state index contributed by atoms with van der Waals surface area (Å²) in [4.78, 5) is 11.3. The van der Waals surface area contributed by atoms with Crippen LogP contribution in [0.5, 0.6) is 0 Å².